The summed E-state index contributed by atoms with van der Waals surface area (Å²) in [5, 5.41) is 19.2. The van der Waals surface area contributed by atoms with Crippen molar-refractivity contribution in [3.8, 4) is 0 Å². The van der Waals surface area contributed by atoms with Crippen molar-refractivity contribution in [1.29, 1.82) is 0 Å². The number of aromatic carboxylic acids is 1. The fraction of sp³-hybridized carbons (Fsp3) is 0.235. The number of aliphatic hydroxyl groups is 1. The number of aliphatic hydroxyl groups excluding tert-OH is 1. The number of carboxylic acids is 1. The summed E-state index contributed by atoms with van der Waals surface area (Å²) in [6.07, 6.45) is -9.54. The Bertz CT molecular complexity index is 1070. The Labute approximate surface area is 158 Å². The molecule has 1 unspecified atom stereocenters. The smallest absolute Gasteiger partial charge is 0.433 e. The number of para-hydroxylation sites is 1. The molecule has 0 aliphatic carbocycles. The summed E-state index contributed by atoms with van der Waals surface area (Å²) in [4.78, 5) is 17.8. The second kappa shape index (κ2) is 7.03. The van der Waals surface area contributed by atoms with E-state index in [4.69, 9.17) is 5.11 Å². The van der Waals surface area contributed by atoms with Crippen LogP contribution in [0.3, 0.4) is 0 Å². The average Bonchev–Trinajstić information content (AvgIpc) is 3.06. The minimum Gasteiger partial charge on any atom is -0.475 e. The molecule has 0 aliphatic rings. The van der Waals surface area contributed by atoms with E-state index in [1.54, 1.807) is 0 Å². The Morgan fingerprint density at radius 3 is 2.41 bits per heavy atom. The van der Waals surface area contributed by atoms with Crippen molar-refractivity contribution in [2.45, 2.75) is 25.0 Å². The lowest BCUT2D eigenvalue weighted by molar-refractivity contribution is -0.142. The molecule has 0 spiro atoms. The van der Waals surface area contributed by atoms with Gasteiger partial charge in [0.25, 0.3) is 0 Å². The van der Waals surface area contributed by atoms with Crippen LogP contribution in [0.1, 0.15) is 33.5 Å². The molecule has 12 heteroatoms. The zero-order chi connectivity index (χ0) is 21.6. The van der Waals surface area contributed by atoms with Crippen LogP contribution >= 0.6 is 0 Å². The van der Waals surface area contributed by atoms with E-state index in [1.807, 2.05) is 0 Å². The van der Waals surface area contributed by atoms with Crippen molar-refractivity contribution < 1.29 is 41.4 Å². The Balaban J connectivity index is 2.20. The van der Waals surface area contributed by atoms with Crippen LogP contribution in [0.15, 0.2) is 36.7 Å². The molecule has 0 saturated carbocycles. The predicted molar refractivity (Wildman–Crippen MR) is 85.9 cm³/mol. The van der Waals surface area contributed by atoms with Gasteiger partial charge in [-0.2, -0.15) is 26.3 Å². The van der Waals surface area contributed by atoms with Gasteiger partial charge in [0, 0.05) is 17.8 Å². The molecular weight excluding hydrogens is 408 g/mol. The second-order valence-electron chi connectivity index (χ2n) is 6.02. The van der Waals surface area contributed by atoms with E-state index in [2.05, 4.69) is 9.97 Å². The quantitative estimate of drug-likeness (QED) is 0.627. The van der Waals surface area contributed by atoms with Crippen LogP contribution in [0.5, 0.6) is 0 Å². The number of alkyl halides is 6. The molecule has 2 heterocycles. The number of carboxylic acid groups (broad SMARTS) is 1. The van der Waals surface area contributed by atoms with E-state index in [-0.39, 0.29) is 5.39 Å². The molecule has 3 aromatic rings. The summed E-state index contributed by atoms with van der Waals surface area (Å²) in [5.74, 6) is -1.94. The van der Waals surface area contributed by atoms with Crippen LogP contribution in [0.4, 0.5) is 26.3 Å². The lowest BCUT2D eigenvalue weighted by Crippen LogP contribution is -2.17. The lowest BCUT2D eigenvalue weighted by atomic mass is 9.99. The number of benzene rings is 1. The fourth-order valence-electron chi connectivity index (χ4n) is 2.86. The van der Waals surface area contributed by atoms with Crippen molar-refractivity contribution in [3.63, 3.8) is 0 Å². The summed E-state index contributed by atoms with van der Waals surface area (Å²) in [6, 6.07) is 3.12. The highest BCUT2D eigenvalue weighted by Crippen LogP contribution is 2.39. The SMILES string of the molecule is O=C(O)c1nccn1CC(O)c1cc(C(F)(F)F)nc2c(C(F)(F)F)cccc12. The highest BCUT2D eigenvalue weighted by atomic mass is 19.4. The molecule has 29 heavy (non-hydrogen) atoms. The van der Waals surface area contributed by atoms with Gasteiger partial charge in [0.1, 0.15) is 5.69 Å². The average molecular weight is 419 g/mol. The first-order chi connectivity index (χ1) is 13.4. The van der Waals surface area contributed by atoms with Crippen LogP contribution in [0.25, 0.3) is 10.9 Å². The van der Waals surface area contributed by atoms with E-state index in [1.165, 1.54) is 6.20 Å². The van der Waals surface area contributed by atoms with Gasteiger partial charge in [-0.05, 0) is 17.7 Å². The third-order valence-corrected chi connectivity index (χ3v) is 4.10. The van der Waals surface area contributed by atoms with E-state index in [9.17, 15) is 36.2 Å². The third kappa shape index (κ3) is 4.01. The maximum absolute atomic E-state index is 13.3. The predicted octanol–water partition coefficient (Wildman–Crippen LogP) is 3.90. The fourth-order valence-corrected chi connectivity index (χ4v) is 2.86. The largest absolute Gasteiger partial charge is 0.475 e. The van der Waals surface area contributed by atoms with E-state index in [0.717, 1.165) is 22.9 Å². The number of imidazole rings is 1. The molecule has 1 aromatic carbocycles. The van der Waals surface area contributed by atoms with Crippen molar-refractivity contribution in [3.05, 3.63) is 59.3 Å². The molecule has 2 N–H and O–H groups in total. The van der Waals surface area contributed by atoms with Crippen LogP contribution in [-0.4, -0.2) is 30.7 Å². The van der Waals surface area contributed by atoms with Crippen molar-refractivity contribution in [2.24, 2.45) is 0 Å². The third-order valence-electron chi connectivity index (χ3n) is 4.10. The summed E-state index contributed by atoms with van der Waals surface area (Å²) in [6.45, 7) is -0.547. The van der Waals surface area contributed by atoms with E-state index in [0.29, 0.717) is 12.1 Å². The van der Waals surface area contributed by atoms with Crippen molar-refractivity contribution in [2.75, 3.05) is 0 Å². The Hall–Kier alpha value is -3.15. The highest BCUT2D eigenvalue weighted by molar-refractivity contribution is 5.86. The molecule has 0 saturated heterocycles. The zero-order valence-corrected chi connectivity index (χ0v) is 14.2. The lowest BCUT2D eigenvalue weighted by Gasteiger charge is -2.19. The monoisotopic (exact) mass is 419 g/mol. The van der Waals surface area contributed by atoms with Gasteiger partial charge in [-0.3, -0.25) is 0 Å². The molecule has 0 aliphatic heterocycles. The molecule has 154 valence electrons. The van der Waals surface area contributed by atoms with Gasteiger partial charge >= 0.3 is 18.3 Å². The minimum atomic E-state index is -5.07. The number of halogens is 6. The zero-order valence-electron chi connectivity index (χ0n) is 14.2. The van der Waals surface area contributed by atoms with Crippen molar-refractivity contribution in [1.82, 2.24) is 14.5 Å². The summed E-state index contributed by atoms with van der Waals surface area (Å²) >= 11 is 0. The first-order valence-corrected chi connectivity index (χ1v) is 7.90. The second-order valence-corrected chi connectivity index (χ2v) is 6.02. The van der Waals surface area contributed by atoms with Crippen LogP contribution in [0, 0.1) is 0 Å². The highest BCUT2D eigenvalue weighted by Gasteiger charge is 2.38. The minimum absolute atomic E-state index is 0.336. The van der Waals surface area contributed by atoms with Gasteiger partial charge in [0.05, 0.1) is 23.7 Å². The van der Waals surface area contributed by atoms with E-state index >= 15 is 0 Å². The number of rotatable bonds is 4. The number of aromatic nitrogens is 3. The molecule has 0 bridgehead atoms. The molecule has 3 rings (SSSR count). The summed E-state index contributed by atoms with van der Waals surface area (Å²) in [5.41, 5.74) is -4.44. The molecule has 6 nitrogen and oxygen atoms in total. The molecule has 0 radical (unpaired) electrons. The molecule has 0 fully saturated rings. The number of hydrogen-bond donors (Lipinski definition) is 2. The number of nitrogens with zero attached hydrogens (tertiary/aromatic N) is 3. The molecule has 1 atom stereocenters. The summed E-state index contributed by atoms with van der Waals surface area (Å²) < 4.78 is 80.4. The summed E-state index contributed by atoms with van der Waals surface area (Å²) in [7, 11) is 0. The van der Waals surface area contributed by atoms with Gasteiger partial charge in [0.2, 0.25) is 5.82 Å². The normalized spacial score (nSPS) is 13.6. The van der Waals surface area contributed by atoms with Gasteiger partial charge in [-0.25, -0.2) is 14.8 Å². The van der Waals surface area contributed by atoms with Gasteiger partial charge < -0.3 is 14.8 Å². The van der Waals surface area contributed by atoms with Gasteiger partial charge in [-0.1, -0.05) is 12.1 Å². The molecule has 0 amide bonds. The topological polar surface area (TPSA) is 88.2 Å². The Morgan fingerprint density at radius 2 is 1.83 bits per heavy atom. The maximum Gasteiger partial charge on any atom is 0.433 e. The first kappa shape index (κ1) is 20.6. The number of fused-ring (bicyclic) bond motifs is 1. The van der Waals surface area contributed by atoms with Gasteiger partial charge in [0.15, 0.2) is 0 Å². The van der Waals surface area contributed by atoms with E-state index < -0.39 is 59.1 Å². The van der Waals surface area contributed by atoms with Crippen LogP contribution < -0.4 is 0 Å². The van der Waals surface area contributed by atoms with Gasteiger partial charge in [-0.15, -0.1) is 0 Å². The molecular formula is C17H11F6N3O3. The number of carbonyl (C=O) groups is 1. The Morgan fingerprint density at radius 1 is 1.14 bits per heavy atom. The molecule has 2 aromatic heterocycles. The Kier molecular flexibility index (Phi) is 4.99. The van der Waals surface area contributed by atoms with Crippen LogP contribution in [-0.2, 0) is 18.9 Å². The number of pyridine rings is 1. The number of hydrogen-bond acceptors (Lipinski definition) is 4. The van der Waals surface area contributed by atoms with Crippen molar-refractivity contribution >= 4 is 16.9 Å². The first-order valence-electron chi connectivity index (χ1n) is 7.90. The standard InChI is InChI=1S/C17H11F6N3O3/c18-16(19,20)10-3-1-2-8-9(6-12(17(21,22)23)25-13(8)10)11(27)7-26-5-4-24-14(26)15(28)29/h1-6,11,27H,7H2,(H,28,29). The van der Waals surface area contributed by atoms with Crippen LogP contribution in [0.2, 0.25) is 0 Å². The maximum atomic E-state index is 13.3.